The maximum Gasteiger partial charge on any atom is 0.317 e. The molecule has 0 aliphatic carbocycles. The predicted molar refractivity (Wildman–Crippen MR) is 60.7 cm³/mol. The van der Waals surface area contributed by atoms with Crippen molar-refractivity contribution in [1.82, 2.24) is 5.32 Å². The van der Waals surface area contributed by atoms with E-state index in [1.807, 2.05) is 19.1 Å². The van der Waals surface area contributed by atoms with E-state index in [0.717, 1.165) is 6.42 Å². The molecule has 0 bridgehead atoms. The van der Waals surface area contributed by atoms with Crippen LogP contribution in [0.25, 0.3) is 0 Å². The van der Waals surface area contributed by atoms with Crippen LogP contribution in [-0.4, -0.2) is 29.9 Å². The van der Waals surface area contributed by atoms with Crippen molar-refractivity contribution in [3.63, 3.8) is 0 Å². The standard InChI is InChI=1S/C12H15NO3/c1-2-9-3-5-10(6-4-9)11(14)7-13-8-12(15)16/h3-6,13H,2,7-8H2,1H3,(H,15,16). The number of ketones is 1. The number of carboxylic acid groups (broad SMARTS) is 1. The predicted octanol–water partition coefficient (Wildman–Crippen LogP) is 1.11. The fourth-order valence-electron chi connectivity index (χ4n) is 1.31. The number of hydrogen-bond donors (Lipinski definition) is 2. The summed E-state index contributed by atoms with van der Waals surface area (Å²) in [7, 11) is 0. The first-order valence-electron chi connectivity index (χ1n) is 5.18. The van der Waals surface area contributed by atoms with Crippen LogP contribution < -0.4 is 5.32 Å². The number of carbonyl (C=O) groups is 2. The summed E-state index contributed by atoms with van der Waals surface area (Å²) in [4.78, 5) is 21.8. The van der Waals surface area contributed by atoms with Crippen LogP contribution in [0.5, 0.6) is 0 Å². The summed E-state index contributed by atoms with van der Waals surface area (Å²) in [5.41, 5.74) is 1.78. The molecule has 4 heteroatoms. The van der Waals surface area contributed by atoms with E-state index < -0.39 is 5.97 Å². The van der Waals surface area contributed by atoms with E-state index in [0.29, 0.717) is 5.56 Å². The number of rotatable bonds is 6. The zero-order valence-electron chi connectivity index (χ0n) is 9.19. The molecule has 0 heterocycles. The Labute approximate surface area is 94.3 Å². The molecule has 0 aliphatic rings. The molecule has 2 N–H and O–H groups in total. The average Bonchev–Trinajstić information content (AvgIpc) is 2.28. The van der Waals surface area contributed by atoms with Crippen molar-refractivity contribution >= 4 is 11.8 Å². The number of carbonyl (C=O) groups excluding carboxylic acids is 1. The van der Waals surface area contributed by atoms with Gasteiger partial charge in [0.25, 0.3) is 0 Å². The third-order valence-electron chi connectivity index (χ3n) is 2.25. The summed E-state index contributed by atoms with van der Waals surface area (Å²) in [6, 6.07) is 7.35. The normalized spacial score (nSPS) is 10.1. The van der Waals surface area contributed by atoms with Crippen molar-refractivity contribution in [2.75, 3.05) is 13.1 Å². The van der Waals surface area contributed by atoms with E-state index in [4.69, 9.17) is 5.11 Å². The van der Waals surface area contributed by atoms with Gasteiger partial charge in [0.1, 0.15) is 0 Å². The van der Waals surface area contributed by atoms with Gasteiger partial charge in [0, 0.05) is 5.56 Å². The first-order chi connectivity index (χ1) is 7.63. The molecule has 0 radical (unpaired) electrons. The number of benzene rings is 1. The van der Waals surface area contributed by atoms with E-state index in [2.05, 4.69) is 5.32 Å². The molecular formula is C12H15NO3. The molecule has 0 saturated carbocycles. The Morgan fingerprint density at radius 1 is 1.19 bits per heavy atom. The first-order valence-corrected chi connectivity index (χ1v) is 5.18. The maximum atomic E-state index is 11.6. The van der Waals surface area contributed by atoms with Crippen LogP contribution in [0.15, 0.2) is 24.3 Å². The van der Waals surface area contributed by atoms with Crippen molar-refractivity contribution < 1.29 is 14.7 Å². The Kier molecular flexibility index (Phi) is 4.66. The second-order valence-corrected chi connectivity index (χ2v) is 3.47. The Bertz CT molecular complexity index is 370. The minimum Gasteiger partial charge on any atom is -0.480 e. The molecule has 0 spiro atoms. The Hall–Kier alpha value is -1.68. The number of nitrogens with one attached hydrogen (secondary N) is 1. The fourth-order valence-corrected chi connectivity index (χ4v) is 1.31. The summed E-state index contributed by atoms with van der Waals surface area (Å²) < 4.78 is 0. The van der Waals surface area contributed by atoms with Gasteiger partial charge in [-0.05, 0) is 12.0 Å². The van der Waals surface area contributed by atoms with Gasteiger partial charge in [-0.15, -0.1) is 0 Å². The van der Waals surface area contributed by atoms with E-state index >= 15 is 0 Å². The zero-order chi connectivity index (χ0) is 12.0. The van der Waals surface area contributed by atoms with E-state index in [9.17, 15) is 9.59 Å². The van der Waals surface area contributed by atoms with Crippen LogP contribution in [0.3, 0.4) is 0 Å². The van der Waals surface area contributed by atoms with Crippen molar-refractivity contribution in [2.24, 2.45) is 0 Å². The highest BCUT2D eigenvalue weighted by molar-refractivity contribution is 5.97. The maximum absolute atomic E-state index is 11.6. The minimum atomic E-state index is -0.964. The minimum absolute atomic E-state index is 0.0533. The van der Waals surface area contributed by atoms with Gasteiger partial charge in [-0.1, -0.05) is 31.2 Å². The van der Waals surface area contributed by atoms with Gasteiger partial charge in [-0.25, -0.2) is 0 Å². The largest absolute Gasteiger partial charge is 0.480 e. The van der Waals surface area contributed by atoms with Gasteiger partial charge >= 0.3 is 5.97 Å². The quantitative estimate of drug-likeness (QED) is 0.706. The molecule has 1 aromatic rings. The lowest BCUT2D eigenvalue weighted by molar-refractivity contribution is -0.135. The van der Waals surface area contributed by atoms with Crippen LogP contribution in [0.1, 0.15) is 22.8 Å². The fraction of sp³-hybridized carbons (Fsp3) is 0.333. The van der Waals surface area contributed by atoms with Crippen molar-refractivity contribution in [3.8, 4) is 0 Å². The Balaban J connectivity index is 2.49. The lowest BCUT2D eigenvalue weighted by Gasteiger charge is -2.02. The summed E-state index contributed by atoms with van der Waals surface area (Å²) in [6.07, 6.45) is 0.936. The number of Topliss-reactive ketones (excluding diaryl/α,β-unsaturated/α-hetero) is 1. The average molecular weight is 221 g/mol. The lowest BCUT2D eigenvalue weighted by Crippen LogP contribution is -2.28. The van der Waals surface area contributed by atoms with Gasteiger partial charge in [0.05, 0.1) is 13.1 Å². The monoisotopic (exact) mass is 221 g/mol. The molecule has 0 aliphatic heterocycles. The molecule has 0 aromatic heterocycles. The third kappa shape index (κ3) is 3.82. The Morgan fingerprint density at radius 2 is 1.81 bits per heavy atom. The summed E-state index contributed by atoms with van der Waals surface area (Å²) in [5.74, 6) is -1.06. The summed E-state index contributed by atoms with van der Waals surface area (Å²) in [6.45, 7) is 1.90. The number of aliphatic carboxylic acids is 1. The molecule has 0 amide bonds. The van der Waals surface area contributed by atoms with Gasteiger partial charge < -0.3 is 5.11 Å². The second-order valence-electron chi connectivity index (χ2n) is 3.47. The number of aryl methyl sites for hydroxylation is 1. The van der Waals surface area contributed by atoms with Gasteiger partial charge in [0.15, 0.2) is 5.78 Å². The highest BCUT2D eigenvalue weighted by atomic mass is 16.4. The van der Waals surface area contributed by atoms with E-state index in [-0.39, 0.29) is 18.9 Å². The number of hydrogen-bond acceptors (Lipinski definition) is 3. The summed E-state index contributed by atoms with van der Waals surface area (Å²) in [5, 5.41) is 11.0. The smallest absolute Gasteiger partial charge is 0.317 e. The topological polar surface area (TPSA) is 66.4 Å². The highest BCUT2D eigenvalue weighted by Gasteiger charge is 2.05. The van der Waals surface area contributed by atoms with Gasteiger partial charge in [-0.3, -0.25) is 14.9 Å². The lowest BCUT2D eigenvalue weighted by atomic mass is 10.1. The van der Waals surface area contributed by atoms with Crippen LogP contribution in [0.2, 0.25) is 0 Å². The van der Waals surface area contributed by atoms with Crippen LogP contribution >= 0.6 is 0 Å². The molecular weight excluding hydrogens is 206 g/mol. The SMILES string of the molecule is CCc1ccc(C(=O)CNCC(=O)O)cc1. The highest BCUT2D eigenvalue weighted by Crippen LogP contribution is 2.05. The Morgan fingerprint density at radius 3 is 2.31 bits per heavy atom. The molecule has 4 nitrogen and oxygen atoms in total. The molecule has 1 aromatic carbocycles. The molecule has 0 atom stereocenters. The molecule has 0 unspecified atom stereocenters. The molecule has 0 saturated heterocycles. The van der Waals surface area contributed by atoms with Crippen LogP contribution in [0, 0.1) is 0 Å². The molecule has 86 valence electrons. The van der Waals surface area contributed by atoms with E-state index in [1.165, 1.54) is 5.56 Å². The van der Waals surface area contributed by atoms with Crippen molar-refractivity contribution in [1.29, 1.82) is 0 Å². The first kappa shape index (κ1) is 12.4. The second kappa shape index (κ2) is 6.02. The molecule has 0 fully saturated rings. The van der Waals surface area contributed by atoms with Crippen molar-refractivity contribution in [3.05, 3.63) is 35.4 Å². The van der Waals surface area contributed by atoms with Gasteiger partial charge in [0.2, 0.25) is 0 Å². The van der Waals surface area contributed by atoms with Crippen LogP contribution in [0.4, 0.5) is 0 Å². The zero-order valence-corrected chi connectivity index (χ0v) is 9.19. The molecule has 16 heavy (non-hydrogen) atoms. The molecule has 1 rings (SSSR count). The van der Waals surface area contributed by atoms with Gasteiger partial charge in [-0.2, -0.15) is 0 Å². The number of carboxylic acids is 1. The van der Waals surface area contributed by atoms with Crippen LogP contribution in [-0.2, 0) is 11.2 Å². The third-order valence-corrected chi connectivity index (χ3v) is 2.25. The van der Waals surface area contributed by atoms with Crippen molar-refractivity contribution in [2.45, 2.75) is 13.3 Å². The summed E-state index contributed by atoms with van der Waals surface area (Å²) >= 11 is 0. The van der Waals surface area contributed by atoms with E-state index in [1.54, 1.807) is 12.1 Å².